The number of hydrogen-bond donors (Lipinski definition) is 1. The number of halogens is 1. The summed E-state index contributed by atoms with van der Waals surface area (Å²) < 4.78 is 0. The molecule has 0 aromatic heterocycles. The van der Waals surface area contributed by atoms with E-state index in [4.69, 9.17) is 11.6 Å². The first kappa shape index (κ1) is 10.6. The number of rotatable bonds is 2. The van der Waals surface area contributed by atoms with E-state index in [0.717, 1.165) is 23.3 Å². The van der Waals surface area contributed by atoms with Crippen LogP contribution in [-0.2, 0) is 4.79 Å². The molecule has 2 bridgehead atoms. The molecular weight excluding hydrogens is 218 g/mol. The number of thioether (sulfide) groups is 1. The van der Waals surface area contributed by atoms with Gasteiger partial charge in [0.2, 0.25) is 5.91 Å². The fourth-order valence-corrected chi connectivity index (χ4v) is 4.72. The third-order valence-corrected chi connectivity index (χ3v) is 4.93. The summed E-state index contributed by atoms with van der Waals surface area (Å²) in [6, 6.07) is 0. The van der Waals surface area contributed by atoms with E-state index in [2.05, 4.69) is 24.0 Å². The molecule has 4 heteroatoms. The zero-order valence-corrected chi connectivity index (χ0v) is 9.96. The van der Waals surface area contributed by atoms with Crippen LogP contribution in [0.3, 0.4) is 0 Å². The van der Waals surface area contributed by atoms with Crippen LogP contribution in [0.1, 0.15) is 32.6 Å². The van der Waals surface area contributed by atoms with Crippen molar-refractivity contribution in [1.29, 1.82) is 0 Å². The molecule has 2 unspecified atom stereocenters. The number of hydrogen-bond acceptors (Lipinski definition) is 2. The molecule has 14 heavy (non-hydrogen) atoms. The predicted octanol–water partition coefficient (Wildman–Crippen LogP) is 2.16. The maximum absolute atomic E-state index is 11.3. The summed E-state index contributed by atoms with van der Waals surface area (Å²) in [5.41, 5.74) is 0.00303. The van der Waals surface area contributed by atoms with Crippen molar-refractivity contribution in [3.05, 3.63) is 0 Å². The second-order valence-electron chi connectivity index (χ2n) is 4.61. The summed E-state index contributed by atoms with van der Waals surface area (Å²) in [5.74, 6) is 0.0541. The molecule has 2 fully saturated rings. The topological polar surface area (TPSA) is 29.1 Å². The maximum atomic E-state index is 11.3. The van der Waals surface area contributed by atoms with Crippen molar-refractivity contribution in [2.24, 2.45) is 0 Å². The SMILES string of the molecule is CC1(NC(=O)CCl)CC2CCC(C1)S2. The van der Waals surface area contributed by atoms with Gasteiger partial charge >= 0.3 is 0 Å². The van der Waals surface area contributed by atoms with Crippen LogP contribution in [0.25, 0.3) is 0 Å². The second kappa shape index (κ2) is 3.93. The van der Waals surface area contributed by atoms with Crippen LogP contribution in [-0.4, -0.2) is 27.8 Å². The van der Waals surface area contributed by atoms with Gasteiger partial charge in [0.1, 0.15) is 5.88 Å². The molecule has 80 valence electrons. The Hall–Kier alpha value is 0.110. The highest BCUT2D eigenvalue weighted by atomic mass is 35.5. The highest BCUT2D eigenvalue weighted by molar-refractivity contribution is 8.00. The van der Waals surface area contributed by atoms with Crippen molar-refractivity contribution < 1.29 is 4.79 Å². The summed E-state index contributed by atoms with van der Waals surface area (Å²) in [7, 11) is 0. The van der Waals surface area contributed by atoms with Gasteiger partial charge in [-0.3, -0.25) is 4.79 Å². The zero-order valence-electron chi connectivity index (χ0n) is 8.38. The van der Waals surface area contributed by atoms with Crippen molar-refractivity contribution in [3.63, 3.8) is 0 Å². The van der Waals surface area contributed by atoms with Gasteiger partial charge in [-0.05, 0) is 32.6 Å². The lowest BCUT2D eigenvalue weighted by molar-refractivity contribution is -0.120. The van der Waals surface area contributed by atoms with Crippen molar-refractivity contribution >= 4 is 29.3 Å². The van der Waals surface area contributed by atoms with E-state index in [-0.39, 0.29) is 17.3 Å². The maximum Gasteiger partial charge on any atom is 0.235 e. The Kier molecular flexibility index (Phi) is 2.98. The third-order valence-electron chi connectivity index (χ3n) is 3.11. The molecule has 0 saturated carbocycles. The molecule has 2 heterocycles. The van der Waals surface area contributed by atoms with Crippen LogP contribution in [0, 0.1) is 0 Å². The molecule has 0 spiro atoms. The van der Waals surface area contributed by atoms with Crippen molar-refractivity contribution in [1.82, 2.24) is 5.32 Å². The Morgan fingerprint density at radius 1 is 1.50 bits per heavy atom. The Bertz CT molecular complexity index is 234. The minimum Gasteiger partial charge on any atom is -0.350 e. The summed E-state index contributed by atoms with van der Waals surface area (Å²) in [5, 5.41) is 4.58. The quantitative estimate of drug-likeness (QED) is 0.741. The van der Waals surface area contributed by atoms with E-state index in [9.17, 15) is 4.79 Å². The summed E-state index contributed by atoms with van der Waals surface area (Å²) >= 11 is 7.61. The number of amides is 1. The van der Waals surface area contributed by atoms with Gasteiger partial charge < -0.3 is 5.32 Å². The first-order valence-electron chi connectivity index (χ1n) is 5.14. The molecule has 2 aliphatic rings. The predicted molar refractivity (Wildman–Crippen MR) is 60.9 cm³/mol. The summed E-state index contributed by atoms with van der Waals surface area (Å²) in [6.45, 7) is 2.16. The molecule has 0 aromatic rings. The highest BCUT2D eigenvalue weighted by Gasteiger charge is 2.42. The fraction of sp³-hybridized carbons (Fsp3) is 0.900. The molecule has 0 aliphatic carbocycles. The molecule has 2 rings (SSSR count). The molecule has 0 aromatic carbocycles. The van der Waals surface area contributed by atoms with Gasteiger partial charge in [-0.25, -0.2) is 0 Å². The lowest BCUT2D eigenvalue weighted by Crippen LogP contribution is -2.50. The number of alkyl halides is 1. The smallest absolute Gasteiger partial charge is 0.235 e. The number of fused-ring (bicyclic) bond motifs is 2. The Labute approximate surface area is 94.1 Å². The minimum absolute atomic E-state index is 0.00303. The van der Waals surface area contributed by atoms with E-state index >= 15 is 0 Å². The van der Waals surface area contributed by atoms with Gasteiger partial charge in [-0.1, -0.05) is 0 Å². The molecule has 1 N–H and O–H groups in total. The third kappa shape index (κ3) is 2.19. The van der Waals surface area contributed by atoms with Crippen LogP contribution in [0.5, 0.6) is 0 Å². The van der Waals surface area contributed by atoms with E-state index in [1.807, 2.05) is 0 Å². The van der Waals surface area contributed by atoms with Gasteiger partial charge in [0.25, 0.3) is 0 Å². The summed E-state index contributed by atoms with van der Waals surface area (Å²) in [6.07, 6.45) is 4.86. The van der Waals surface area contributed by atoms with Crippen molar-refractivity contribution in [2.45, 2.75) is 48.6 Å². The molecule has 2 atom stereocenters. The number of nitrogens with one attached hydrogen (secondary N) is 1. The highest BCUT2D eigenvalue weighted by Crippen LogP contribution is 2.47. The van der Waals surface area contributed by atoms with Crippen molar-refractivity contribution in [3.8, 4) is 0 Å². The van der Waals surface area contributed by atoms with Gasteiger partial charge in [-0.15, -0.1) is 11.6 Å². The van der Waals surface area contributed by atoms with Gasteiger partial charge in [0, 0.05) is 16.0 Å². The normalized spacial score (nSPS) is 41.0. The summed E-state index contributed by atoms with van der Waals surface area (Å²) in [4.78, 5) is 11.3. The molecule has 0 radical (unpaired) electrons. The molecule has 2 saturated heterocycles. The Morgan fingerprint density at radius 2 is 2.07 bits per heavy atom. The average Bonchev–Trinajstić information content (AvgIpc) is 2.45. The van der Waals surface area contributed by atoms with E-state index < -0.39 is 0 Å². The van der Waals surface area contributed by atoms with E-state index in [1.165, 1.54) is 12.8 Å². The average molecular weight is 234 g/mol. The Morgan fingerprint density at radius 3 is 2.57 bits per heavy atom. The Balaban J connectivity index is 1.98. The molecule has 2 nitrogen and oxygen atoms in total. The van der Waals surface area contributed by atoms with Crippen LogP contribution in [0.2, 0.25) is 0 Å². The van der Waals surface area contributed by atoms with Crippen LogP contribution < -0.4 is 5.32 Å². The number of carbonyl (C=O) groups is 1. The standard InChI is InChI=1S/C10H16ClNOS/c1-10(12-9(13)6-11)4-7-2-3-8(5-10)14-7/h7-8H,2-6H2,1H3,(H,12,13). The van der Waals surface area contributed by atoms with Gasteiger partial charge in [-0.2, -0.15) is 11.8 Å². The molecular formula is C10H16ClNOS. The zero-order chi connectivity index (χ0) is 10.2. The first-order valence-corrected chi connectivity index (χ1v) is 6.61. The van der Waals surface area contributed by atoms with Gasteiger partial charge in [0.05, 0.1) is 0 Å². The number of carbonyl (C=O) groups excluding carboxylic acids is 1. The molecule has 2 aliphatic heterocycles. The van der Waals surface area contributed by atoms with Crippen LogP contribution in [0.4, 0.5) is 0 Å². The lowest BCUT2D eigenvalue weighted by Gasteiger charge is -2.38. The monoisotopic (exact) mass is 233 g/mol. The van der Waals surface area contributed by atoms with Crippen molar-refractivity contribution in [2.75, 3.05) is 5.88 Å². The van der Waals surface area contributed by atoms with Crippen LogP contribution >= 0.6 is 23.4 Å². The van der Waals surface area contributed by atoms with E-state index in [0.29, 0.717) is 0 Å². The fourth-order valence-electron chi connectivity index (χ4n) is 2.64. The van der Waals surface area contributed by atoms with Gasteiger partial charge in [0.15, 0.2) is 0 Å². The molecule has 1 amide bonds. The largest absolute Gasteiger partial charge is 0.350 e. The minimum atomic E-state index is -0.0273. The van der Waals surface area contributed by atoms with Crippen LogP contribution in [0.15, 0.2) is 0 Å². The van der Waals surface area contributed by atoms with E-state index in [1.54, 1.807) is 0 Å². The first-order chi connectivity index (χ1) is 6.61. The second-order valence-corrected chi connectivity index (χ2v) is 6.48. The lowest BCUT2D eigenvalue weighted by atomic mass is 9.91.